The van der Waals surface area contributed by atoms with Gasteiger partial charge in [-0.25, -0.2) is 8.42 Å². The van der Waals surface area contributed by atoms with Crippen LogP contribution in [0.5, 0.6) is 5.75 Å². The van der Waals surface area contributed by atoms with E-state index in [4.69, 9.17) is 16.3 Å². The molecule has 0 unspecified atom stereocenters. The first kappa shape index (κ1) is 25.8. The van der Waals surface area contributed by atoms with E-state index in [1.54, 1.807) is 17.0 Å². The summed E-state index contributed by atoms with van der Waals surface area (Å²) in [4.78, 5) is 17.5. The Hall–Kier alpha value is -2.29. The fourth-order valence-corrected chi connectivity index (χ4v) is 7.07. The van der Waals surface area contributed by atoms with Gasteiger partial charge in [0.05, 0.1) is 13.7 Å². The second-order valence-corrected chi connectivity index (χ2v) is 11.6. The van der Waals surface area contributed by atoms with Gasteiger partial charge >= 0.3 is 0 Å². The van der Waals surface area contributed by atoms with Crippen molar-refractivity contribution in [1.82, 2.24) is 9.21 Å². The molecule has 2 aromatic carbocycles. The lowest BCUT2D eigenvalue weighted by Crippen LogP contribution is -2.53. The number of hydrogen-bond donors (Lipinski definition) is 0. The Morgan fingerprint density at radius 2 is 1.77 bits per heavy atom. The smallest absolute Gasteiger partial charge is 0.247 e. The maximum absolute atomic E-state index is 13.9. The number of piperazine rings is 1. The van der Waals surface area contributed by atoms with Crippen molar-refractivity contribution in [3.63, 3.8) is 0 Å². The van der Waals surface area contributed by atoms with Crippen LogP contribution in [0, 0.1) is 6.92 Å². The van der Waals surface area contributed by atoms with Crippen LogP contribution in [-0.2, 0) is 14.8 Å². The number of methoxy groups -OCH3 is 1. The van der Waals surface area contributed by atoms with Crippen molar-refractivity contribution >= 4 is 33.2 Å². The number of sulfonamides is 1. The molecule has 190 valence electrons. The Labute approximate surface area is 213 Å². The summed E-state index contributed by atoms with van der Waals surface area (Å²) in [6.07, 6.45) is 4.56. The molecule has 0 atom stereocenters. The standard InChI is InChI=1S/C26H34ClN3O4S/c1-20-11-12-24(34-2)25(17-20)35(32,33)30(22-8-4-3-5-9-22)19-26(31)29-15-13-28(14-16-29)23-10-6-7-21(27)18-23/h6-7,10-12,17-18,22H,3-5,8-9,13-16,19H2,1-2H3. The molecule has 7 nitrogen and oxygen atoms in total. The topological polar surface area (TPSA) is 70.2 Å². The van der Waals surface area contributed by atoms with Crippen LogP contribution in [0.25, 0.3) is 0 Å². The summed E-state index contributed by atoms with van der Waals surface area (Å²) in [7, 11) is -2.45. The summed E-state index contributed by atoms with van der Waals surface area (Å²) in [5, 5.41) is 0.681. The lowest BCUT2D eigenvalue weighted by atomic mass is 9.95. The average molecular weight is 520 g/mol. The van der Waals surface area contributed by atoms with Crippen LogP contribution < -0.4 is 9.64 Å². The van der Waals surface area contributed by atoms with Gasteiger partial charge in [-0.15, -0.1) is 0 Å². The van der Waals surface area contributed by atoms with Crippen molar-refractivity contribution in [2.75, 3.05) is 44.7 Å². The van der Waals surface area contributed by atoms with Gasteiger partial charge in [0.15, 0.2) is 0 Å². The molecule has 0 aromatic heterocycles. The fourth-order valence-electron chi connectivity index (χ4n) is 5.01. The Bertz CT molecular complexity index is 1140. The molecule has 1 saturated heterocycles. The molecule has 2 fully saturated rings. The van der Waals surface area contributed by atoms with Crippen molar-refractivity contribution in [3.05, 3.63) is 53.1 Å². The number of halogens is 1. The molecule has 4 rings (SSSR count). The zero-order chi connectivity index (χ0) is 25.0. The van der Waals surface area contributed by atoms with Gasteiger partial charge in [0.1, 0.15) is 10.6 Å². The summed E-state index contributed by atoms with van der Waals surface area (Å²) in [6.45, 7) is 4.13. The number of benzene rings is 2. The normalized spacial score (nSPS) is 17.6. The van der Waals surface area contributed by atoms with Gasteiger partial charge in [-0.1, -0.05) is 43.0 Å². The summed E-state index contributed by atoms with van der Waals surface area (Å²) >= 11 is 6.14. The maximum Gasteiger partial charge on any atom is 0.247 e. The molecule has 1 aliphatic heterocycles. The number of carbonyl (C=O) groups is 1. The van der Waals surface area contributed by atoms with Crippen LogP contribution in [0.15, 0.2) is 47.4 Å². The first-order valence-electron chi connectivity index (χ1n) is 12.2. The minimum atomic E-state index is -3.92. The van der Waals surface area contributed by atoms with Gasteiger partial charge in [-0.3, -0.25) is 4.79 Å². The van der Waals surface area contributed by atoms with Crippen LogP contribution in [0.3, 0.4) is 0 Å². The number of amides is 1. The molecule has 2 aliphatic rings. The maximum atomic E-state index is 13.9. The van der Waals surface area contributed by atoms with Gasteiger partial charge in [0.25, 0.3) is 0 Å². The van der Waals surface area contributed by atoms with Gasteiger partial charge in [0, 0.05) is 42.9 Å². The fraction of sp³-hybridized carbons (Fsp3) is 0.500. The highest BCUT2D eigenvalue weighted by atomic mass is 35.5. The molecule has 0 spiro atoms. The highest BCUT2D eigenvalue weighted by Gasteiger charge is 2.37. The van der Waals surface area contributed by atoms with Crippen molar-refractivity contribution in [2.45, 2.75) is 50.0 Å². The number of nitrogens with zero attached hydrogens (tertiary/aromatic N) is 3. The predicted molar refractivity (Wildman–Crippen MR) is 139 cm³/mol. The van der Waals surface area contributed by atoms with Gasteiger partial charge in [-0.2, -0.15) is 4.31 Å². The zero-order valence-corrected chi connectivity index (χ0v) is 22.0. The SMILES string of the molecule is COc1ccc(C)cc1S(=O)(=O)N(CC(=O)N1CCN(c2cccc(Cl)c2)CC1)C1CCCCC1. The molecule has 9 heteroatoms. The van der Waals surface area contributed by atoms with Gasteiger partial charge < -0.3 is 14.5 Å². The summed E-state index contributed by atoms with van der Waals surface area (Å²) in [5.41, 5.74) is 1.86. The summed E-state index contributed by atoms with van der Waals surface area (Å²) < 4.78 is 34.6. The number of aryl methyl sites for hydroxylation is 1. The molecular weight excluding hydrogens is 486 g/mol. The van der Waals surface area contributed by atoms with E-state index in [0.29, 0.717) is 37.0 Å². The number of hydrogen-bond acceptors (Lipinski definition) is 5. The molecule has 1 aliphatic carbocycles. The van der Waals surface area contributed by atoms with Gasteiger partial charge in [-0.05, 0) is 55.7 Å². The minimum Gasteiger partial charge on any atom is -0.495 e. The van der Waals surface area contributed by atoms with Crippen molar-refractivity contribution in [1.29, 1.82) is 0 Å². The van der Waals surface area contributed by atoms with Crippen LogP contribution in [0.2, 0.25) is 5.02 Å². The summed E-state index contributed by atoms with van der Waals surface area (Å²) in [5.74, 6) is 0.149. The first-order chi connectivity index (χ1) is 16.8. The van der Waals surface area contributed by atoms with E-state index < -0.39 is 10.0 Å². The largest absolute Gasteiger partial charge is 0.495 e. The van der Waals surface area contributed by atoms with Crippen molar-refractivity contribution < 1.29 is 17.9 Å². The molecule has 1 heterocycles. The van der Waals surface area contributed by atoms with Crippen LogP contribution in [0.4, 0.5) is 5.69 Å². The summed E-state index contributed by atoms with van der Waals surface area (Å²) in [6, 6.07) is 12.7. The van der Waals surface area contributed by atoms with Crippen molar-refractivity contribution in [2.24, 2.45) is 0 Å². The van der Waals surface area contributed by atoms with E-state index in [1.165, 1.54) is 11.4 Å². The lowest BCUT2D eigenvalue weighted by molar-refractivity contribution is -0.132. The number of ether oxygens (including phenoxy) is 1. The quantitative estimate of drug-likeness (QED) is 0.544. The molecule has 0 bridgehead atoms. The Morgan fingerprint density at radius 3 is 2.43 bits per heavy atom. The van der Waals surface area contributed by atoms with Crippen LogP contribution in [-0.4, -0.2) is 69.4 Å². The molecule has 1 amide bonds. The van der Waals surface area contributed by atoms with E-state index in [-0.39, 0.29) is 23.4 Å². The third-order valence-corrected chi connectivity index (χ3v) is 9.14. The third kappa shape index (κ3) is 5.93. The van der Waals surface area contributed by atoms with Crippen LogP contribution in [0.1, 0.15) is 37.7 Å². The first-order valence-corrected chi connectivity index (χ1v) is 14.1. The average Bonchev–Trinajstić information content (AvgIpc) is 2.87. The van der Waals surface area contributed by atoms with Crippen LogP contribution >= 0.6 is 11.6 Å². The molecule has 0 N–H and O–H groups in total. The Balaban J connectivity index is 1.52. The van der Waals surface area contributed by atoms with E-state index >= 15 is 0 Å². The number of carbonyl (C=O) groups excluding carboxylic acids is 1. The number of anilines is 1. The minimum absolute atomic E-state index is 0.129. The molecule has 0 radical (unpaired) electrons. The lowest BCUT2D eigenvalue weighted by Gasteiger charge is -2.38. The monoisotopic (exact) mass is 519 g/mol. The molecule has 35 heavy (non-hydrogen) atoms. The van der Waals surface area contributed by atoms with E-state index in [2.05, 4.69) is 4.90 Å². The second kappa shape index (κ2) is 11.2. The van der Waals surface area contributed by atoms with Crippen molar-refractivity contribution in [3.8, 4) is 5.75 Å². The molecule has 2 aromatic rings. The van der Waals surface area contributed by atoms with E-state index in [0.717, 1.165) is 43.4 Å². The Morgan fingerprint density at radius 1 is 1.06 bits per heavy atom. The Kier molecular flexibility index (Phi) is 8.24. The van der Waals surface area contributed by atoms with E-state index in [1.807, 2.05) is 37.3 Å². The highest BCUT2D eigenvalue weighted by Crippen LogP contribution is 2.33. The van der Waals surface area contributed by atoms with E-state index in [9.17, 15) is 13.2 Å². The predicted octanol–water partition coefficient (Wildman–Crippen LogP) is 4.33. The second-order valence-electron chi connectivity index (χ2n) is 9.34. The third-order valence-electron chi connectivity index (χ3n) is 6.98. The molecular formula is C26H34ClN3O4S. The number of rotatable bonds is 7. The highest BCUT2D eigenvalue weighted by molar-refractivity contribution is 7.89. The zero-order valence-electron chi connectivity index (χ0n) is 20.5. The van der Waals surface area contributed by atoms with Gasteiger partial charge in [0.2, 0.25) is 15.9 Å². The molecule has 1 saturated carbocycles.